The molecule has 0 aliphatic heterocycles. The minimum absolute atomic E-state index is 0.629. The number of thiophene rings is 1. The number of furan rings is 1. The van der Waals surface area contributed by atoms with Crippen molar-refractivity contribution in [1.29, 1.82) is 0 Å². The zero-order valence-electron chi connectivity index (χ0n) is 28.9. The topological polar surface area (TPSA) is 51.8 Å². The molecule has 0 aliphatic carbocycles. The Morgan fingerprint density at radius 1 is 0.352 bits per heavy atom. The van der Waals surface area contributed by atoms with Gasteiger partial charge in [0.25, 0.3) is 0 Å². The lowest BCUT2D eigenvalue weighted by atomic mass is 9.92. The standard InChI is InChI=1S/C49H29N3OS/c1-3-13-30(14-4-1)32-25-26-35-40(29-42-36-19-7-9-23-43(36)53-45(42)41(35)28-32)33-17-11-18-34(27-33)48-50-47(31-15-5-2-6-16-31)51-49(52-48)39-22-12-21-38-37-20-8-10-24-44(37)54-46(38)39/h1-29H. The Labute approximate surface area is 314 Å². The first-order valence-electron chi connectivity index (χ1n) is 18.0. The van der Waals surface area contributed by atoms with Crippen LogP contribution in [0.5, 0.6) is 0 Å². The molecule has 252 valence electrons. The lowest BCUT2D eigenvalue weighted by Crippen LogP contribution is -2.00. The van der Waals surface area contributed by atoms with Gasteiger partial charge < -0.3 is 4.42 Å². The minimum Gasteiger partial charge on any atom is -0.455 e. The van der Waals surface area contributed by atoms with Crippen molar-refractivity contribution >= 4 is 64.2 Å². The van der Waals surface area contributed by atoms with Crippen LogP contribution >= 0.6 is 11.3 Å². The van der Waals surface area contributed by atoms with Gasteiger partial charge in [0.2, 0.25) is 0 Å². The first-order chi connectivity index (χ1) is 26.7. The number of aromatic nitrogens is 3. The second-order valence-corrected chi connectivity index (χ2v) is 14.6. The Kier molecular flexibility index (Phi) is 7.00. The second-order valence-electron chi connectivity index (χ2n) is 13.6. The first kappa shape index (κ1) is 30.7. The maximum absolute atomic E-state index is 6.57. The molecule has 0 aliphatic rings. The third-order valence-corrected chi connectivity index (χ3v) is 11.5. The molecule has 0 saturated heterocycles. The zero-order valence-corrected chi connectivity index (χ0v) is 29.7. The quantitative estimate of drug-likeness (QED) is 0.179. The van der Waals surface area contributed by atoms with Crippen LogP contribution in [0.15, 0.2) is 180 Å². The van der Waals surface area contributed by atoms with Crippen molar-refractivity contribution in [3.63, 3.8) is 0 Å². The molecule has 3 heterocycles. The van der Waals surface area contributed by atoms with Crippen molar-refractivity contribution in [2.75, 3.05) is 0 Å². The molecule has 0 radical (unpaired) electrons. The summed E-state index contributed by atoms with van der Waals surface area (Å²) in [5.41, 5.74) is 9.16. The molecule has 0 bridgehead atoms. The highest BCUT2D eigenvalue weighted by Crippen LogP contribution is 2.43. The van der Waals surface area contributed by atoms with E-state index in [2.05, 4.69) is 146 Å². The van der Waals surface area contributed by atoms with E-state index in [0.717, 1.165) is 66.1 Å². The van der Waals surface area contributed by atoms with Gasteiger partial charge in [0, 0.05) is 53.0 Å². The number of para-hydroxylation sites is 1. The van der Waals surface area contributed by atoms with Gasteiger partial charge in [-0.2, -0.15) is 0 Å². The van der Waals surface area contributed by atoms with Crippen molar-refractivity contribution in [1.82, 2.24) is 15.0 Å². The van der Waals surface area contributed by atoms with Crippen LogP contribution in [-0.4, -0.2) is 15.0 Å². The van der Waals surface area contributed by atoms with Crippen molar-refractivity contribution in [3.8, 4) is 56.4 Å². The molecule has 11 aromatic rings. The predicted octanol–water partition coefficient (Wildman–Crippen LogP) is 13.6. The molecule has 0 saturated carbocycles. The van der Waals surface area contributed by atoms with Gasteiger partial charge in [-0.3, -0.25) is 0 Å². The maximum Gasteiger partial charge on any atom is 0.165 e. The SMILES string of the molecule is c1ccc(-c2ccc3c(-c4cccc(-c5nc(-c6ccccc6)nc(-c6cccc7c6sc6ccccc67)n5)c4)cc4c5ccccc5oc4c3c2)cc1. The fourth-order valence-electron chi connectivity index (χ4n) is 7.74. The molecule has 8 aromatic carbocycles. The largest absolute Gasteiger partial charge is 0.455 e. The summed E-state index contributed by atoms with van der Waals surface area (Å²) in [6.07, 6.45) is 0. The number of hydrogen-bond acceptors (Lipinski definition) is 5. The number of nitrogens with zero attached hydrogens (tertiary/aromatic N) is 3. The van der Waals surface area contributed by atoms with Gasteiger partial charge in [-0.15, -0.1) is 11.3 Å². The van der Waals surface area contributed by atoms with E-state index in [9.17, 15) is 0 Å². The van der Waals surface area contributed by atoms with Crippen LogP contribution in [0, 0.1) is 0 Å². The van der Waals surface area contributed by atoms with E-state index < -0.39 is 0 Å². The summed E-state index contributed by atoms with van der Waals surface area (Å²) in [5, 5.41) is 6.85. The van der Waals surface area contributed by atoms with Crippen molar-refractivity contribution in [2.45, 2.75) is 0 Å². The lowest BCUT2D eigenvalue weighted by Gasteiger charge is -2.12. The summed E-state index contributed by atoms with van der Waals surface area (Å²) in [6, 6.07) is 61.5. The number of rotatable bonds is 5. The third-order valence-electron chi connectivity index (χ3n) is 10.3. The molecule has 0 N–H and O–H groups in total. The van der Waals surface area contributed by atoms with Crippen molar-refractivity contribution in [2.24, 2.45) is 0 Å². The van der Waals surface area contributed by atoms with Crippen LogP contribution < -0.4 is 0 Å². The third kappa shape index (κ3) is 5.01. The molecule has 0 fully saturated rings. The van der Waals surface area contributed by atoms with E-state index in [4.69, 9.17) is 19.4 Å². The molecule has 0 amide bonds. The van der Waals surface area contributed by atoms with Crippen LogP contribution in [0.1, 0.15) is 0 Å². The maximum atomic E-state index is 6.57. The molecular weight excluding hydrogens is 679 g/mol. The summed E-state index contributed by atoms with van der Waals surface area (Å²) in [7, 11) is 0. The van der Waals surface area contributed by atoms with Gasteiger partial charge in [-0.05, 0) is 64.0 Å². The first-order valence-corrected chi connectivity index (χ1v) is 18.8. The average Bonchev–Trinajstić information content (AvgIpc) is 3.82. The van der Waals surface area contributed by atoms with E-state index in [0.29, 0.717) is 17.5 Å². The van der Waals surface area contributed by atoms with E-state index in [1.165, 1.54) is 25.7 Å². The highest BCUT2D eigenvalue weighted by Gasteiger charge is 2.19. The summed E-state index contributed by atoms with van der Waals surface area (Å²) in [6.45, 7) is 0. The molecular formula is C49H29N3OS. The average molecular weight is 708 g/mol. The predicted molar refractivity (Wildman–Crippen MR) is 225 cm³/mol. The van der Waals surface area contributed by atoms with E-state index >= 15 is 0 Å². The van der Waals surface area contributed by atoms with Crippen LogP contribution in [0.25, 0.3) is 109 Å². The smallest absolute Gasteiger partial charge is 0.165 e. The van der Waals surface area contributed by atoms with Crippen LogP contribution in [0.2, 0.25) is 0 Å². The van der Waals surface area contributed by atoms with E-state index in [1.54, 1.807) is 11.3 Å². The molecule has 54 heavy (non-hydrogen) atoms. The van der Waals surface area contributed by atoms with E-state index in [-0.39, 0.29) is 0 Å². The number of benzene rings is 8. The normalized spacial score (nSPS) is 11.7. The van der Waals surface area contributed by atoms with Crippen LogP contribution in [-0.2, 0) is 0 Å². The molecule has 0 spiro atoms. The van der Waals surface area contributed by atoms with E-state index in [1.807, 2.05) is 30.3 Å². The Morgan fingerprint density at radius 3 is 1.83 bits per heavy atom. The van der Waals surface area contributed by atoms with Gasteiger partial charge in [0.05, 0.1) is 0 Å². The van der Waals surface area contributed by atoms with Crippen molar-refractivity contribution in [3.05, 3.63) is 176 Å². The fourth-order valence-corrected chi connectivity index (χ4v) is 8.95. The highest BCUT2D eigenvalue weighted by atomic mass is 32.1. The lowest BCUT2D eigenvalue weighted by molar-refractivity contribution is 0.672. The van der Waals surface area contributed by atoms with Crippen LogP contribution in [0.4, 0.5) is 0 Å². The minimum atomic E-state index is 0.629. The fraction of sp³-hybridized carbons (Fsp3) is 0. The number of fused-ring (bicyclic) bond motifs is 8. The second kappa shape index (κ2) is 12.3. The molecule has 11 rings (SSSR count). The summed E-state index contributed by atoms with van der Waals surface area (Å²) >= 11 is 1.78. The van der Waals surface area contributed by atoms with Gasteiger partial charge in [-0.25, -0.2) is 15.0 Å². The molecule has 0 atom stereocenters. The van der Waals surface area contributed by atoms with Crippen molar-refractivity contribution < 1.29 is 4.42 Å². The number of hydrogen-bond donors (Lipinski definition) is 0. The summed E-state index contributed by atoms with van der Waals surface area (Å²) < 4.78 is 8.99. The van der Waals surface area contributed by atoms with Gasteiger partial charge >= 0.3 is 0 Å². The van der Waals surface area contributed by atoms with Gasteiger partial charge in [-0.1, -0.05) is 140 Å². The molecule has 3 aromatic heterocycles. The molecule has 4 nitrogen and oxygen atoms in total. The Bertz CT molecular complexity index is 3220. The Balaban J connectivity index is 1.12. The highest BCUT2D eigenvalue weighted by molar-refractivity contribution is 7.26. The Morgan fingerprint density at radius 2 is 0.981 bits per heavy atom. The van der Waals surface area contributed by atoms with Gasteiger partial charge in [0.15, 0.2) is 17.5 Å². The summed E-state index contributed by atoms with van der Waals surface area (Å²) in [4.78, 5) is 15.4. The molecule has 0 unspecified atom stereocenters. The molecule has 5 heteroatoms. The monoisotopic (exact) mass is 707 g/mol. The van der Waals surface area contributed by atoms with Crippen LogP contribution in [0.3, 0.4) is 0 Å². The zero-order chi connectivity index (χ0) is 35.6. The Hall–Kier alpha value is -6.95. The summed E-state index contributed by atoms with van der Waals surface area (Å²) in [5.74, 6) is 1.93. The van der Waals surface area contributed by atoms with Gasteiger partial charge in [0.1, 0.15) is 11.2 Å².